The second-order valence-corrected chi connectivity index (χ2v) is 7.38. The Hall–Kier alpha value is -3.59. The largest absolute Gasteiger partial charge is 0.507 e. The molecule has 1 saturated heterocycles. The van der Waals surface area contributed by atoms with Crippen LogP contribution in [-0.4, -0.2) is 57.7 Å². The fourth-order valence-electron chi connectivity index (χ4n) is 3.82. The van der Waals surface area contributed by atoms with Crippen molar-refractivity contribution in [3.8, 4) is 0 Å². The number of aliphatic hydroxyl groups excluding tert-OH is 1. The van der Waals surface area contributed by atoms with Crippen molar-refractivity contribution in [1.29, 1.82) is 0 Å². The van der Waals surface area contributed by atoms with Gasteiger partial charge in [-0.05, 0) is 42.9 Å². The van der Waals surface area contributed by atoms with Crippen LogP contribution in [0.3, 0.4) is 0 Å². The van der Waals surface area contributed by atoms with Gasteiger partial charge in [-0.1, -0.05) is 26.0 Å². The first-order valence-electron chi connectivity index (χ1n) is 10.3. The predicted octanol–water partition coefficient (Wildman–Crippen LogP) is 3.50. The van der Waals surface area contributed by atoms with Gasteiger partial charge in [-0.15, -0.1) is 0 Å². The van der Waals surface area contributed by atoms with Gasteiger partial charge in [-0.2, -0.15) is 0 Å². The number of carbonyl (C=O) groups is 2. The number of ketones is 1. The topological polar surface area (TPSA) is 104 Å². The molecule has 0 radical (unpaired) electrons. The van der Waals surface area contributed by atoms with Gasteiger partial charge < -0.3 is 14.9 Å². The van der Waals surface area contributed by atoms with Crippen LogP contribution in [0.1, 0.15) is 31.0 Å². The molecule has 0 aliphatic carbocycles. The number of nitrogens with zero attached hydrogens (tertiary/aromatic N) is 3. The van der Waals surface area contributed by atoms with Crippen molar-refractivity contribution < 1.29 is 24.0 Å². The zero-order chi connectivity index (χ0) is 23.4. The molecule has 1 amide bonds. The highest BCUT2D eigenvalue weighted by Crippen LogP contribution is 2.40. The number of likely N-dealkylation sites (N-methyl/N-ethyl adjacent to an activating group) is 1. The van der Waals surface area contributed by atoms with Crippen molar-refractivity contribution in [2.24, 2.45) is 0 Å². The van der Waals surface area contributed by atoms with Gasteiger partial charge in [-0.3, -0.25) is 19.7 Å². The number of rotatable bonds is 8. The number of Topliss-reactive ketones (excluding diaryl/α,β-unsaturated/α-hetero) is 1. The van der Waals surface area contributed by atoms with Crippen molar-refractivity contribution in [2.75, 3.05) is 26.2 Å². The molecule has 0 unspecified atom stereocenters. The number of amides is 1. The third kappa shape index (κ3) is 4.52. The number of nitro benzene ring substituents is 1. The van der Waals surface area contributed by atoms with E-state index in [0.717, 1.165) is 25.2 Å². The number of likely N-dealkylation sites (tertiary alicyclic amines) is 1. The minimum atomic E-state index is -1.00. The Morgan fingerprint density at radius 3 is 2.41 bits per heavy atom. The Kier molecular flexibility index (Phi) is 6.99. The maximum atomic E-state index is 13.3. The van der Waals surface area contributed by atoms with E-state index in [1.165, 1.54) is 35.2 Å². The molecule has 1 N–H and O–H groups in total. The monoisotopic (exact) mass is 441 g/mol. The van der Waals surface area contributed by atoms with Crippen LogP contribution in [0.15, 0.2) is 54.1 Å². The molecule has 1 aliphatic heterocycles. The van der Waals surface area contributed by atoms with Crippen LogP contribution < -0.4 is 0 Å². The molecule has 9 heteroatoms. The summed E-state index contributed by atoms with van der Waals surface area (Å²) in [6, 6.07) is 9.51. The van der Waals surface area contributed by atoms with Gasteiger partial charge in [0, 0.05) is 30.8 Å². The molecule has 3 rings (SSSR count). The fourth-order valence-corrected chi connectivity index (χ4v) is 3.82. The highest BCUT2D eigenvalue weighted by Gasteiger charge is 2.46. The van der Waals surface area contributed by atoms with Crippen LogP contribution >= 0.6 is 0 Å². The number of halogens is 1. The molecule has 1 aliphatic rings. The molecule has 1 fully saturated rings. The zero-order valence-electron chi connectivity index (χ0n) is 17.8. The van der Waals surface area contributed by atoms with Gasteiger partial charge in [0.15, 0.2) is 0 Å². The number of hydrogen-bond donors (Lipinski definition) is 1. The van der Waals surface area contributed by atoms with Gasteiger partial charge in [0.25, 0.3) is 17.4 Å². The molecule has 0 saturated carbocycles. The van der Waals surface area contributed by atoms with Crippen LogP contribution in [0, 0.1) is 15.9 Å². The van der Waals surface area contributed by atoms with Gasteiger partial charge in [0.2, 0.25) is 0 Å². The fraction of sp³-hybridized carbons (Fsp3) is 0.304. The first-order chi connectivity index (χ1) is 15.3. The Balaban J connectivity index is 2.13. The molecule has 8 nitrogen and oxygen atoms in total. The molecule has 32 heavy (non-hydrogen) atoms. The molecule has 1 heterocycles. The van der Waals surface area contributed by atoms with Gasteiger partial charge in [0.1, 0.15) is 11.6 Å². The SMILES string of the molecule is CCN(CC)CCN1C(=O)C(=O)C(=C(O)c2ccc(F)cc2)[C@H]1c1cccc([N+](=O)[O-])c1. The summed E-state index contributed by atoms with van der Waals surface area (Å²) in [7, 11) is 0. The molecule has 2 aromatic rings. The molecular formula is C23H24FN3O5. The lowest BCUT2D eigenvalue weighted by atomic mass is 9.95. The van der Waals surface area contributed by atoms with E-state index in [-0.39, 0.29) is 23.4 Å². The highest BCUT2D eigenvalue weighted by atomic mass is 19.1. The second kappa shape index (κ2) is 9.69. The van der Waals surface area contributed by atoms with E-state index in [0.29, 0.717) is 12.1 Å². The van der Waals surface area contributed by atoms with Crippen LogP contribution in [0.2, 0.25) is 0 Å². The number of non-ortho nitro benzene ring substituents is 1. The minimum absolute atomic E-state index is 0.170. The number of carbonyl (C=O) groups excluding carboxylic acids is 2. The lowest BCUT2D eigenvalue weighted by molar-refractivity contribution is -0.384. The lowest BCUT2D eigenvalue weighted by Crippen LogP contribution is -2.38. The van der Waals surface area contributed by atoms with Crippen LogP contribution in [0.4, 0.5) is 10.1 Å². The molecular weight excluding hydrogens is 417 g/mol. The van der Waals surface area contributed by atoms with E-state index in [1.54, 1.807) is 6.07 Å². The van der Waals surface area contributed by atoms with Gasteiger partial charge in [0.05, 0.1) is 16.5 Å². The molecule has 2 aromatic carbocycles. The molecule has 0 bridgehead atoms. The zero-order valence-corrected chi connectivity index (χ0v) is 17.8. The van der Waals surface area contributed by atoms with E-state index in [2.05, 4.69) is 4.90 Å². The summed E-state index contributed by atoms with van der Waals surface area (Å²) < 4.78 is 13.3. The summed E-state index contributed by atoms with van der Waals surface area (Å²) in [5, 5.41) is 22.2. The number of aliphatic hydroxyl groups is 1. The average molecular weight is 441 g/mol. The smallest absolute Gasteiger partial charge is 0.295 e. The average Bonchev–Trinajstić information content (AvgIpc) is 3.04. The molecule has 1 atom stereocenters. The van der Waals surface area contributed by atoms with Crippen molar-refractivity contribution in [3.63, 3.8) is 0 Å². The first-order valence-corrected chi connectivity index (χ1v) is 10.3. The summed E-state index contributed by atoms with van der Waals surface area (Å²) in [4.78, 5) is 40.0. The first kappa shape index (κ1) is 23.1. The molecule has 168 valence electrons. The van der Waals surface area contributed by atoms with Gasteiger partial charge >= 0.3 is 0 Å². The third-order valence-electron chi connectivity index (χ3n) is 5.61. The van der Waals surface area contributed by atoms with E-state index in [9.17, 15) is 29.2 Å². The predicted molar refractivity (Wildman–Crippen MR) is 116 cm³/mol. The molecule has 0 spiro atoms. The Labute approximate surface area is 184 Å². The van der Waals surface area contributed by atoms with E-state index in [4.69, 9.17) is 0 Å². The summed E-state index contributed by atoms with van der Waals surface area (Å²) in [5.74, 6) is -2.65. The van der Waals surface area contributed by atoms with Crippen molar-refractivity contribution in [3.05, 3.63) is 81.2 Å². The van der Waals surface area contributed by atoms with E-state index >= 15 is 0 Å². The highest BCUT2D eigenvalue weighted by molar-refractivity contribution is 6.46. The normalized spacial score (nSPS) is 17.9. The second-order valence-electron chi connectivity index (χ2n) is 7.38. The quantitative estimate of drug-likeness (QED) is 0.221. The summed E-state index contributed by atoms with van der Waals surface area (Å²) in [5.41, 5.74) is 0.130. The van der Waals surface area contributed by atoms with Crippen LogP contribution in [-0.2, 0) is 9.59 Å². The number of hydrogen-bond acceptors (Lipinski definition) is 6. The Morgan fingerprint density at radius 2 is 1.81 bits per heavy atom. The maximum Gasteiger partial charge on any atom is 0.295 e. The van der Waals surface area contributed by atoms with Crippen LogP contribution in [0.25, 0.3) is 5.76 Å². The van der Waals surface area contributed by atoms with Crippen molar-refractivity contribution in [1.82, 2.24) is 9.80 Å². The number of benzene rings is 2. The van der Waals surface area contributed by atoms with E-state index < -0.39 is 34.2 Å². The molecule has 0 aromatic heterocycles. The summed E-state index contributed by atoms with van der Waals surface area (Å²) in [6.07, 6.45) is 0. The van der Waals surface area contributed by atoms with Gasteiger partial charge in [-0.25, -0.2) is 4.39 Å². The Morgan fingerprint density at radius 1 is 1.16 bits per heavy atom. The standard InChI is InChI=1S/C23H24FN3O5/c1-3-25(4-2)12-13-26-20(16-6-5-7-18(14-16)27(31)32)19(22(29)23(26)30)21(28)15-8-10-17(24)11-9-15/h5-11,14,20,28H,3-4,12-13H2,1-2H3/t20-/m1/s1. The summed E-state index contributed by atoms with van der Waals surface area (Å²) >= 11 is 0. The van der Waals surface area contributed by atoms with Crippen LogP contribution in [0.5, 0.6) is 0 Å². The maximum absolute atomic E-state index is 13.3. The van der Waals surface area contributed by atoms with Crippen molar-refractivity contribution in [2.45, 2.75) is 19.9 Å². The van der Waals surface area contributed by atoms with Crippen molar-refractivity contribution >= 4 is 23.1 Å². The Bertz CT molecular complexity index is 1060. The van der Waals surface area contributed by atoms with E-state index in [1.807, 2.05) is 13.8 Å². The third-order valence-corrected chi connectivity index (χ3v) is 5.61. The lowest BCUT2D eigenvalue weighted by Gasteiger charge is -2.28. The minimum Gasteiger partial charge on any atom is -0.507 e. The number of nitro groups is 1. The summed E-state index contributed by atoms with van der Waals surface area (Å²) in [6.45, 7) is 6.13.